The molecule has 8 heteroatoms. The van der Waals surface area contributed by atoms with Crippen LogP contribution in [0.3, 0.4) is 0 Å². The molecule has 1 amide bonds. The molecule has 0 unspecified atom stereocenters. The highest BCUT2D eigenvalue weighted by Gasteiger charge is 2.31. The van der Waals surface area contributed by atoms with Crippen molar-refractivity contribution in [2.45, 2.75) is 31.1 Å². The second-order valence-electron chi connectivity index (χ2n) is 4.17. The maximum Gasteiger partial charge on any atom is 0.275 e. The normalized spacial score (nSPS) is 16.2. The molecule has 0 saturated carbocycles. The van der Waals surface area contributed by atoms with Gasteiger partial charge in [-0.25, -0.2) is 8.42 Å². The number of nitrogens with one attached hydrogen (secondary N) is 1. The highest BCUT2D eigenvalue weighted by molar-refractivity contribution is 8.13. The number of halogens is 1. The third-order valence-electron chi connectivity index (χ3n) is 2.99. The van der Waals surface area contributed by atoms with Crippen molar-refractivity contribution in [3.8, 4) is 0 Å². The van der Waals surface area contributed by atoms with Crippen molar-refractivity contribution in [1.82, 2.24) is 15.1 Å². The van der Waals surface area contributed by atoms with Crippen molar-refractivity contribution in [3.05, 3.63) is 11.4 Å². The van der Waals surface area contributed by atoms with Gasteiger partial charge in [0, 0.05) is 23.8 Å². The first-order valence-electron chi connectivity index (χ1n) is 5.76. The summed E-state index contributed by atoms with van der Waals surface area (Å²) in [5, 5.41) is 6.39. The number of rotatable bonds is 3. The molecule has 1 fully saturated rings. The molecule has 2 heterocycles. The van der Waals surface area contributed by atoms with E-state index in [-0.39, 0.29) is 16.5 Å². The fraction of sp³-hybridized carbons (Fsp3) is 0.600. The second-order valence-corrected chi connectivity index (χ2v) is 6.67. The number of hydrogen-bond acceptors (Lipinski definition) is 4. The molecule has 0 atom stereocenters. The minimum atomic E-state index is -3.98. The van der Waals surface area contributed by atoms with Gasteiger partial charge in [0.15, 0.2) is 5.69 Å². The fourth-order valence-corrected chi connectivity index (χ4v) is 3.43. The molecule has 1 aliphatic rings. The van der Waals surface area contributed by atoms with Crippen LogP contribution < -0.4 is 0 Å². The third kappa shape index (κ3) is 2.37. The van der Waals surface area contributed by atoms with Crippen LogP contribution in [0.2, 0.25) is 0 Å². The lowest BCUT2D eigenvalue weighted by Crippen LogP contribution is -2.29. The maximum atomic E-state index is 12.2. The molecule has 0 radical (unpaired) electrons. The fourth-order valence-electron chi connectivity index (χ4n) is 2.09. The van der Waals surface area contributed by atoms with E-state index in [0.717, 1.165) is 12.8 Å². The van der Waals surface area contributed by atoms with Crippen molar-refractivity contribution < 1.29 is 13.2 Å². The Kier molecular flexibility index (Phi) is 3.63. The summed E-state index contributed by atoms with van der Waals surface area (Å²) in [7, 11) is 1.40. The molecule has 1 saturated heterocycles. The van der Waals surface area contributed by atoms with Crippen LogP contribution in [0.25, 0.3) is 0 Å². The molecule has 2 rings (SSSR count). The van der Waals surface area contributed by atoms with Gasteiger partial charge in [-0.1, -0.05) is 6.92 Å². The largest absolute Gasteiger partial charge is 0.337 e. The summed E-state index contributed by atoms with van der Waals surface area (Å²) < 4.78 is 23.1. The van der Waals surface area contributed by atoms with E-state index in [0.29, 0.717) is 25.2 Å². The van der Waals surface area contributed by atoms with E-state index < -0.39 is 9.05 Å². The van der Waals surface area contributed by atoms with Crippen LogP contribution in [0.1, 0.15) is 35.9 Å². The third-order valence-corrected chi connectivity index (χ3v) is 4.38. The molecule has 0 aromatic carbocycles. The van der Waals surface area contributed by atoms with E-state index >= 15 is 0 Å². The van der Waals surface area contributed by atoms with Crippen LogP contribution in [0, 0.1) is 0 Å². The Hall–Kier alpha value is -1.08. The number of carbonyl (C=O) groups excluding carboxylic acids is 1. The van der Waals surface area contributed by atoms with Gasteiger partial charge in [-0.05, 0) is 19.3 Å². The molecule has 1 N–H and O–H groups in total. The highest BCUT2D eigenvalue weighted by Crippen LogP contribution is 2.25. The van der Waals surface area contributed by atoms with Gasteiger partial charge in [0.05, 0.1) is 5.69 Å². The van der Waals surface area contributed by atoms with E-state index in [1.165, 1.54) is 0 Å². The van der Waals surface area contributed by atoms with Gasteiger partial charge < -0.3 is 4.90 Å². The van der Waals surface area contributed by atoms with Crippen molar-refractivity contribution in [2.24, 2.45) is 0 Å². The maximum absolute atomic E-state index is 12.2. The smallest absolute Gasteiger partial charge is 0.275 e. The van der Waals surface area contributed by atoms with E-state index in [4.69, 9.17) is 10.7 Å². The van der Waals surface area contributed by atoms with Crippen LogP contribution in [-0.2, 0) is 15.5 Å². The Balaban J connectivity index is 2.45. The number of nitrogens with zero attached hydrogens (tertiary/aromatic N) is 2. The minimum Gasteiger partial charge on any atom is -0.337 e. The number of likely N-dealkylation sites (tertiary alicyclic amines) is 1. The Labute approximate surface area is 110 Å². The Bertz CT molecular complexity index is 561. The SMILES string of the molecule is CCc1[nH]nc(C(=O)N2CCCC2)c1S(=O)(=O)Cl. The summed E-state index contributed by atoms with van der Waals surface area (Å²) in [6, 6.07) is 0. The number of aromatic nitrogens is 2. The number of H-pyrrole nitrogens is 1. The zero-order valence-corrected chi connectivity index (χ0v) is 11.5. The summed E-state index contributed by atoms with van der Waals surface area (Å²) in [5.41, 5.74) is 0.274. The molecule has 1 aromatic heterocycles. The quantitative estimate of drug-likeness (QED) is 0.847. The summed E-state index contributed by atoms with van der Waals surface area (Å²) in [4.78, 5) is 13.6. The molecule has 100 valence electrons. The number of aryl methyl sites for hydroxylation is 1. The average Bonchev–Trinajstić information content (AvgIpc) is 2.96. The van der Waals surface area contributed by atoms with Crippen LogP contribution in [0.5, 0.6) is 0 Å². The van der Waals surface area contributed by atoms with Crippen molar-refractivity contribution in [3.63, 3.8) is 0 Å². The molecular weight excluding hydrogens is 278 g/mol. The predicted octanol–water partition coefficient (Wildman–Crippen LogP) is 1.14. The molecule has 0 aliphatic carbocycles. The first-order chi connectivity index (χ1) is 8.45. The van der Waals surface area contributed by atoms with Gasteiger partial charge in [-0.15, -0.1) is 0 Å². The van der Waals surface area contributed by atoms with Gasteiger partial charge in [-0.3, -0.25) is 9.89 Å². The standard InChI is InChI=1S/C10H14ClN3O3S/c1-2-7-9(18(11,16)17)8(13-12-7)10(15)14-5-3-4-6-14/h2-6H2,1H3,(H,12,13). The van der Waals surface area contributed by atoms with Crippen LogP contribution in [0.15, 0.2) is 4.90 Å². The van der Waals surface area contributed by atoms with E-state index in [1.807, 2.05) is 0 Å². The van der Waals surface area contributed by atoms with Crippen molar-refractivity contribution in [1.29, 1.82) is 0 Å². The average molecular weight is 292 g/mol. The number of carbonyl (C=O) groups is 1. The summed E-state index contributed by atoms with van der Waals surface area (Å²) in [6.07, 6.45) is 2.28. The van der Waals surface area contributed by atoms with E-state index in [2.05, 4.69) is 10.2 Å². The lowest BCUT2D eigenvalue weighted by atomic mass is 10.3. The number of hydrogen-bond donors (Lipinski definition) is 1. The lowest BCUT2D eigenvalue weighted by molar-refractivity contribution is 0.0783. The van der Waals surface area contributed by atoms with Crippen molar-refractivity contribution in [2.75, 3.05) is 13.1 Å². The summed E-state index contributed by atoms with van der Waals surface area (Å²) >= 11 is 0. The monoisotopic (exact) mass is 291 g/mol. The lowest BCUT2D eigenvalue weighted by Gasteiger charge is -2.13. The molecule has 0 bridgehead atoms. The van der Waals surface area contributed by atoms with E-state index in [9.17, 15) is 13.2 Å². The van der Waals surface area contributed by atoms with Crippen LogP contribution in [0.4, 0.5) is 0 Å². The number of amides is 1. The molecule has 18 heavy (non-hydrogen) atoms. The molecule has 6 nitrogen and oxygen atoms in total. The predicted molar refractivity (Wildman–Crippen MR) is 66.1 cm³/mol. The van der Waals surface area contributed by atoms with Crippen LogP contribution >= 0.6 is 10.7 Å². The van der Waals surface area contributed by atoms with Gasteiger partial charge in [0.2, 0.25) is 0 Å². The zero-order chi connectivity index (χ0) is 13.3. The topological polar surface area (TPSA) is 83.1 Å². The van der Waals surface area contributed by atoms with Crippen LogP contribution in [-0.4, -0.2) is 42.5 Å². The summed E-state index contributed by atoms with van der Waals surface area (Å²) in [6.45, 7) is 3.03. The highest BCUT2D eigenvalue weighted by atomic mass is 35.7. The first kappa shape index (κ1) is 13.4. The molecule has 0 spiro atoms. The minimum absolute atomic E-state index is 0.0937. The van der Waals surface area contributed by atoms with Gasteiger partial charge in [-0.2, -0.15) is 5.10 Å². The molecule has 1 aliphatic heterocycles. The Morgan fingerprint density at radius 3 is 2.56 bits per heavy atom. The molecule has 1 aromatic rings. The summed E-state index contributed by atoms with van der Waals surface area (Å²) in [5.74, 6) is -0.373. The Morgan fingerprint density at radius 1 is 1.44 bits per heavy atom. The van der Waals surface area contributed by atoms with Crippen molar-refractivity contribution >= 4 is 25.6 Å². The van der Waals surface area contributed by atoms with E-state index in [1.54, 1.807) is 11.8 Å². The molecular formula is C10H14ClN3O3S. The second kappa shape index (κ2) is 4.89. The number of aromatic amines is 1. The van der Waals surface area contributed by atoms with Gasteiger partial charge >= 0.3 is 0 Å². The van der Waals surface area contributed by atoms with Gasteiger partial charge in [0.1, 0.15) is 4.90 Å². The first-order valence-corrected chi connectivity index (χ1v) is 8.07. The van der Waals surface area contributed by atoms with Gasteiger partial charge in [0.25, 0.3) is 15.0 Å². The Morgan fingerprint density at radius 2 is 2.06 bits per heavy atom. The zero-order valence-electron chi connectivity index (χ0n) is 9.94.